The fourth-order valence-corrected chi connectivity index (χ4v) is 3.69. The third-order valence-electron chi connectivity index (χ3n) is 3.25. The predicted octanol–water partition coefficient (Wildman–Crippen LogP) is 1.77. The third-order valence-corrected chi connectivity index (χ3v) is 4.78. The molecule has 1 aromatic rings. The molecule has 6 nitrogen and oxygen atoms in total. The van der Waals surface area contributed by atoms with Gasteiger partial charge in [-0.3, -0.25) is 0 Å². The van der Waals surface area contributed by atoms with Crippen molar-refractivity contribution in [2.24, 2.45) is 5.92 Å². The van der Waals surface area contributed by atoms with Gasteiger partial charge in [0.05, 0.1) is 17.6 Å². The number of carbonyl (C=O) groups excluding carboxylic acids is 1. The van der Waals surface area contributed by atoms with Gasteiger partial charge in [0.25, 0.3) is 0 Å². The van der Waals surface area contributed by atoms with Crippen LogP contribution in [0.25, 0.3) is 0 Å². The monoisotopic (exact) mass is 314 g/mol. The van der Waals surface area contributed by atoms with Crippen LogP contribution in [0, 0.1) is 5.92 Å². The van der Waals surface area contributed by atoms with Crippen molar-refractivity contribution in [1.82, 2.24) is 4.72 Å². The van der Waals surface area contributed by atoms with Crippen molar-refractivity contribution in [2.75, 3.05) is 12.8 Å². The SMILES string of the molecule is CCC(NS(=O)(=O)c1cc(N)ccc1C(=O)OC)C(C)C. The molecule has 0 heterocycles. The second kappa shape index (κ2) is 6.91. The van der Waals surface area contributed by atoms with Crippen LogP contribution in [0.4, 0.5) is 5.69 Å². The molecule has 0 spiro atoms. The van der Waals surface area contributed by atoms with Crippen LogP contribution >= 0.6 is 0 Å². The maximum atomic E-state index is 12.5. The third kappa shape index (κ3) is 4.18. The zero-order chi connectivity index (χ0) is 16.2. The van der Waals surface area contributed by atoms with Crippen molar-refractivity contribution in [3.8, 4) is 0 Å². The Labute approximate surface area is 125 Å². The number of benzene rings is 1. The van der Waals surface area contributed by atoms with Gasteiger partial charge in [0, 0.05) is 11.7 Å². The molecule has 118 valence electrons. The quantitative estimate of drug-likeness (QED) is 0.616. The van der Waals surface area contributed by atoms with Gasteiger partial charge in [-0.2, -0.15) is 0 Å². The highest BCUT2D eigenvalue weighted by atomic mass is 32.2. The Hall–Kier alpha value is -1.60. The lowest BCUT2D eigenvalue weighted by Crippen LogP contribution is -2.38. The average molecular weight is 314 g/mol. The number of anilines is 1. The van der Waals surface area contributed by atoms with E-state index in [9.17, 15) is 13.2 Å². The molecule has 1 rings (SSSR count). The molecule has 0 saturated carbocycles. The number of hydrogen-bond donors (Lipinski definition) is 2. The number of sulfonamides is 1. The van der Waals surface area contributed by atoms with Gasteiger partial charge in [-0.1, -0.05) is 20.8 Å². The number of nitrogen functional groups attached to an aromatic ring is 1. The lowest BCUT2D eigenvalue weighted by atomic mass is 10.0. The maximum Gasteiger partial charge on any atom is 0.339 e. The summed E-state index contributed by atoms with van der Waals surface area (Å²) in [7, 11) is -2.66. The van der Waals surface area contributed by atoms with E-state index in [1.165, 1.54) is 25.3 Å². The van der Waals surface area contributed by atoms with Crippen molar-refractivity contribution in [3.05, 3.63) is 23.8 Å². The summed E-state index contributed by atoms with van der Waals surface area (Å²) in [5.41, 5.74) is 5.88. The average Bonchev–Trinajstić information content (AvgIpc) is 2.43. The van der Waals surface area contributed by atoms with E-state index in [0.717, 1.165) is 0 Å². The van der Waals surface area contributed by atoms with E-state index in [0.29, 0.717) is 6.42 Å². The molecule has 0 radical (unpaired) electrons. The van der Waals surface area contributed by atoms with Crippen LogP contribution in [0.2, 0.25) is 0 Å². The molecule has 0 aliphatic heterocycles. The van der Waals surface area contributed by atoms with Crippen molar-refractivity contribution in [1.29, 1.82) is 0 Å². The van der Waals surface area contributed by atoms with E-state index in [-0.39, 0.29) is 28.1 Å². The van der Waals surface area contributed by atoms with Gasteiger partial charge < -0.3 is 10.5 Å². The van der Waals surface area contributed by atoms with E-state index in [1.807, 2.05) is 20.8 Å². The number of hydrogen-bond acceptors (Lipinski definition) is 5. The van der Waals surface area contributed by atoms with Crippen LogP contribution in [-0.2, 0) is 14.8 Å². The normalized spacial score (nSPS) is 13.2. The lowest BCUT2D eigenvalue weighted by Gasteiger charge is -2.21. The van der Waals surface area contributed by atoms with E-state index in [1.54, 1.807) is 0 Å². The minimum absolute atomic E-state index is 0.0298. The molecule has 0 saturated heterocycles. The number of nitrogens with one attached hydrogen (secondary N) is 1. The number of esters is 1. The Morgan fingerprint density at radius 1 is 1.38 bits per heavy atom. The van der Waals surface area contributed by atoms with Crippen molar-refractivity contribution >= 4 is 21.7 Å². The molecule has 0 aliphatic carbocycles. The zero-order valence-electron chi connectivity index (χ0n) is 12.7. The summed E-state index contributed by atoms with van der Waals surface area (Å²) in [5.74, 6) is -0.583. The Kier molecular flexibility index (Phi) is 5.74. The molecule has 0 amide bonds. The van der Waals surface area contributed by atoms with Crippen molar-refractivity contribution in [3.63, 3.8) is 0 Å². The molecule has 1 unspecified atom stereocenters. The van der Waals surface area contributed by atoms with Crippen LogP contribution in [0.5, 0.6) is 0 Å². The topological polar surface area (TPSA) is 98.5 Å². The zero-order valence-corrected chi connectivity index (χ0v) is 13.5. The van der Waals surface area contributed by atoms with E-state index >= 15 is 0 Å². The first-order chi connectivity index (χ1) is 9.72. The first-order valence-electron chi connectivity index (χ1n) is 6.73. The van der Waals surface area contributed by atoms with Crippen LogP contribution in [0.1, 0.15) is 37.6 Å². The first-order valence-corrected chi connectivity index (χ1v) is 8.21. The van der Waals surface area contributed by atoms with Crippen LogP contribution in [0.3, 0.4) is 0 Å². The number of rotatable bonds is 6. The molecular weight excluding hydrogens is 292 g/mol. The molecule has 7 heteroatoms. The number of ether oxygens (including phenoxy) is 1. The standard InChI is InChI=1S/C14H22N2O4S/c1-5-12(9(2)3)16-21(18,19)13-8-10(15)6-7-11(13)14(17)20-4/h6-9,12,16H,5,15H2,1-4H3. The molecule has 1 atom stereocenters. The van der Waals surface area contributed by atoms with Gasteiger partial charge >= 0.3 is 5.97 Å². The van der Waals surface area contributed by atoms with Crippen LogP contribution in [0.15, 0.2) is 23.1 Å². The molecular formula is C14H22N2O4S. The highest BCUT2D eigenvalue weighted by Gasteiger charge is 2.26. The molecule has 3 N–H and O–H groups in total. The Balaban J connectivity index is 3.30. The fraction of sp³-hybridized carbons (Fsp3) is 0.500. The highest BCUT2D eigenvalue weighted by molar-refractivity contribution is 7.89. The number of carbonyl (C=O) groups is 1. The van der Waals surface area contributed by atoms with Crippen LogP contribution < -0.4 is 10.5 Å². The maximum absolute atomic E-state index is 12.5. The van der Waals surface area contributed by atoms with E-state index in [4.69, 9.17) is 5.73 Å². The first kappa shape index (κ1) is 17.5. The Morgan fingerprint density at radius 2 is 2.00 bits per heavy atom. The summed E-state index contributed by atoms with van der Waals surface area (Å²) in [6.45, 7) is 5.75. The minimum Gasteiger partial charge on any atom is -0.465 e. The van der Waals surface area contributed by atoms with Crippen LogP contribution in [-0.4, -0.2) is 27.5 Å². The second-order valence-electron chi connectivity index (χ2n) is 5.13. The van der Waals surface area contributed by atoms with E-state index in [2.05, 4.69) is 9.46 Å². The number of nitrogens with two attached hydrogens (primary N) is 1. The molecule has 1 aromatic carbocycles. The highest BCUT2D eigenvalue weighted by Crippen LogP contribution is 2.21. The molecule has 0 aliphatic rings. The second-order valence-corrected chi connectivity index (χ2v) is 6.81. The summed E-state index contributed by atoms with van der Waals surface area (Å²) in [6.07, 6.45) is 0.646. The molecule has 21 heavy (non-hydrogen) atoms. The van der Waals surface area contributed by atoms with Gasteiger partial charge in [-0.05, 0) is 30.5 Å². The van der Waals surface area contributed by atoms with E-state index < -0.39 is 16.0 Å². The summed E-state index contributed by atoms with van der Waals surface area (Å²) in [5, 5.41) is 0. The fourth-order valence-electron chi connectivity index (χ4n) is 1.99. The van der Waals surface area contributed by atoms with Gasteiger partial charge in [-0.15, -0.1) is 0 Å². The summed E-state index contributed by atoms with van der Waals surface area (Å²) in [6, 6.07) is 3.86. The smallest absolute Gasteiger partial charge is 0.339 e. The molecule has 0 aromatic heterocycles. The Bertz CT molecular complexity index is 611. The largest absolute Gasteiger partial charge is 0.465 e. The van der Waals surface area contributed by atoms with Crippen molar-refractivity contribution in [2.45, 2.75) is 38.1 Å². The summed E-state index contributed by atoms with van der Waals surface area (Å²) >= 11 is 0. The lowest BCUT2D eigenvalue weighted by molar-refractivity contribution is 0.0596. The Morgan fingerprint density at radius 3 is 2.48 bits per heavy atom. The van der Waals surface area contributed by atoms with Gasteiger partial charge in [-0.25, -0.2) is 17.9 Å². The van der Waals surface area contributed by atoms with Crippen molar-refractivity contribution < 1.29 is 17.9 Å². The van der Waals surface area contributed by atoms with Gasteiger partial charge in [0.15, 0.2) is 0 Å². The summed E-state index contributed by atoms with van der Waals surface area (Å²) in [4.78, 5) is 11.6. The predicted molar refractivity (Wildman–Crippen MR) is 81.4 cm³/mol. The molecule has 0 fully saturated rings. The minimum atomic E-state index is -3.86. The summed E-state index contributed by atoms with van der Waals surface area (Å²) < 4.78 is 32.3. The number of methoxy groups -OCH3 is 1. The van der Waals surface area contributed by atoms with Gasteiger partial charge in [0.1, 0.15) is 0 Å². The molecule has 0 bridgehead atoms. The van der Waals surface area contributed by atoms with Gasteiger partial charge in [0.2, 0.25) is 10.0 Å².